The maximum absolute atomic E-state index is 10.9. The monoisotopic (exact) mass is 295 g/mol. The van der Waals surface area contributed by atoms with Crippen molar-refractivity contribution in [1.82, 2.24) is 4.90 Å². The van der Waals surface area contributed by atoms with Crippen molar-refractivity contribution in [3.8, 4) is 0 Å². The molecule has 88 valence electrons. The Balaban J connectivity index is 2.09. The second-order valence-electron chi connectivity index (χ2n) is 4.10. The SMILES string of the molecule is O=C(O)N1CCc2c(oc3cc(Br)ccc23)C1. The first-order valence-electron chi connectivity index (χ1n) is 5.33. The van der Waals surface area contributed by atoms with Gasteiger partial charge in [-0.05, 0) is 24.6 Å². The summed E-state index contributed by atoms with van der Waals surface area (Å²) in [6, 6.07) is 5.90. The summed E-state index contributed by atoms with van der Waals surface area (Å²) >= 11 is 3.40. The number of amides is 1. The molecule has 2 aromatic rings. The highest BCUT2D eigenvalue weighted by Gasteiger charge is 2.25. The molecule has 0 unspecified atom stereocenters. The topological polar surface area (TPSA) is 53.7 Å². The molecule has 17 heavy (non-hydrogen) atoms. The van der Waals surface area contributed by atoms with Gasteiger partial charge in [-0.2, -0.15) is 0 Å². The van der Waals surface area contributed by atoms with E-state index in [0.29, 0.717) is 13.1 Å². The molecule has 0 saturated heterocycles. The van der Waals surface area contributed by atoms with Crippen LogP contribution in [0.1, 0.15) is 11.3 Å². The Kier molecular flexibility index (Phi) is 2.36. The van der Waals surface area contributed by atoms with Crippen molar-refractivity contribution in [2.75, 3.05) is 6.54 Å². The van der Waals surface area contributed by atoms with Crippen LogP contribution in [0.15, 0.2) is 27.1 Å². The van der Waals surface area contributed by atoms with Crippen molar-refractivity contribution in [2.45, 2.75) is 13.0 Å². The van der Waals surface area contributed by atoms with Gasteiger partial charge >= 0.3 is 6.09 Å². The number of furan rings is 1. The first-order chi connectivity index (χ1) is 8.15. The first kappa shape index (κ1) is 10.7. The Labute approximate surface area is 106 Å². The van der Waals surface area contributed by atoms with E-state index < -0.39 is 6.09 Å². The summed E-state index contributed by atoms with van der Waals surface area (Å²) in [5.74, 6) is 0.770. The number of carboxylic acid groups (broad SMARTS) is 1. The average Bonchev–Trinajstić information content (AvgIpc) is 2.64. The fourth-order valence-corrected chi connectivity index (χ4v) is 2.58. The smallest absolute Gasteiger partial charge is 0.407 e. The molecule has 0 fully saturated rings. The number of hydrogen-bond donors (Lipinski definition) is 1. The molecule has 1 N–H and O–H groups in total. The minimum absolute atomic E-state index is 0.344. The lowest BCUT2D eigenvalue weighted by Gasteiger charge is -2.22. The lowest BCUT2D eigenvalue weighted by Crippen LogP contribution is -2.34. The van der Waals surface area contributed by atoms with Crippen LogP contribution >= 0.6 is 15.9 Å². The Morgan fingerprint density at radius 1 is 1.47 bits per heavy atom. The van der Waals surface area contributed by atoms with Gasteiger partial charge in [-0.3, -0.25) is 0 Å². The van der Waals surface area contributed by atoms with E-state index in [1.54, 1.807) is 0 Å². The van der Waals surface area contributed by atoms with E-state index in [1.807, 2.05) is 18.2 Å². The summed E-state index contributed by atoms with van der Waals surface area (Å²) in [7, 11) is 0. The predicted octanol–water partition coefficient (Wildman–Crippen LogP) is 3.23. The highest BCUT2D eigenvalue weighted by Crippen LogP contribution is 2.32. The Hall–Kier alpha value is -1.49. The minimum atomic E-state index is -0.891. The molecule has 0 saturated carbocycles. The summed E-state index contributed by atoms with van der Waals surface area (Å²) in [6.45, 7) is 0.879. The van der Waals surface area contributed by atoms with Crippen LogP contribution in [0.5, 0.6) is 0 Å². The standard InChI is InChI=1S/C12H10BrNO3/c13-7-1-2-8-9-3-4-14(12(15)16)6-11(9)17-10(8)5-7/h1-2,5H,3-4,6H2,(H,15,16). The number of rotatable bonds is 0. The van der Waals surface area contributed by atoms with Gasteiger partial charge in [-0.1, -0.05) is 15.9 Å². The molecule has 1 aromatic carbocycles. The summed E-state index contributed by atoms with van der Waals surface area (Å²) in [5.41, 5.74) is 1.96. The summed E-state index contributed by atoms with van der Waals surface area (Å²) in [6.07, 6.45) is -0.173. The van der Waals surface area contributed by atoms with Crippen LogP contribution < -0.4 is 0 Å². The Morgan fingerprint density at radius 3 is 3.06 bits per heavy atom. The first-order valence-corrected chi connectivity index (χ1v) is 6.12. The van der Waals surface area contributed by atoms with E-state index in [1.165, 1.54) is 4.90 Å². The van der Waals surface area contributed by atoms with Crippen molar-refractivity contribution in [1.29, 1.82) is 0 Å². The predicted molar refractivity (Wildman–Crippen MR) is 66.1 cm³/mol. The molecule has 1 aliphatic heterocycles. The molecule has 3 rings (SSSR count). The third-order valence-corrected chi connectivity index (χ3v) is 3.57. The van der Waals surface area contributed by atoms with Crippen LogP contribution in [-0.4, -0.2) is 22.6 Å². The van der Waals surface area contributed by atoms with Crippen LogP contribution in [0.2, 0.25) is 0 Å². The molecule has 0 aliphatic carbocycles. The fraction of sp³-hybridized carbons (Fsp3) is 0.250. The van der Waals surface area contributed by atoms with Crippen molar-refractivity contribution < 1.29 is 14.3 Å². The van der Waals surface area contributed by atoms with Gasteiger partial charge < -0.3 is 14.4 Å². The molecule has 5 heteroatoms. The second-order valence-corrected chi connectivity index (χ2v) is 5.01. The van der Waals surface area contributed by atoms with Crippen molar-refractivity contribution >= 4 is 33.0 Å². The minimum Gasteiger partial charge on any atom is -0.465 e. The summed E-state index contributed by atoms with van der Waals surface area (Å²) < 4.78 is 6.68. The maximum atomic E-state index is 10.9. The maximum Gasteiger partial charge on any atom is 0.407 e. The number of nitrogens with zero attached hydrogens (tertiary/aromatic N) is 1. The van der Waals surface area contributed by atoms with E-state index in [2.05, 4.69) is 15.9 Å². The van der Waals surface area contributed by atoms with Gasteiger partial charge in [-0.25, -0.2) is 4.79 Å². The average molecular weight is 296 g/mol. The molecule has 1 aliphatic rings. The molecule has 1 amide bonds. The van der Waals surface area contributed by atoms with Gasteiger partial charge in [0.1, 0.15) is 11.3 Å². The summed E-state index contributed by atoms with van der Waals surface area (Å²) in [5, 5.41) is 10.1. The Morgan fingerprint density at radius 2 is 2.29 bits per heavy atom. The third kappa shape index (κ3) is 1.70. The second kappa shape index (κ2) is 3.77. The number of hydrogen-bond acceptors (Lipinski definition) is 2. The van der Waals surface area contributed by atoms with Crippen LogP contribution in [0.25, 0.3) is 11.0 Å². The number of benzene rings is 1. The zero-order valence-corrected chi connectivity index (χ0v) is 10.5. The normalized spacial score (nSPS) is 15.0. The van der Waals surface area contributed by atoms with Gasteiger partial charge in [0.2, 0.25) is 0 Å². The van der Waals surface area contributed by atoms with E-state index in [4.69, 9.17) is 9.52 Å². The molecule has 4 nitrogen and oxygen atoms in total. The highest BCUT2D eigenvalue weighted by atomic mass is 79.9. The van der Waals surface area contributed by atoms with Gasteiger partial charge in [0, 0.05) is 22.0 Å². The molecular weight excluding hydrogens is 286 g/mol. The number of halogens is 1. The lowest BCUT2D eigenvalue weighted by atomic mass is 10.0. The molecule has 0 atom stereocenters. The largest absolute Gasteiger partial charge is 0.465 e. The van der Waals surface area contributed by atoms with Crippen LogP contribution in [0.3, 0.4) is 0 Å². The van der Waals surface area contributed by atoms with Crippen LogP contribution in [0.4, 0.5) is 4.79 Å². The van der Waals surface area contributed by atoms with E-state index in [0.717, 1.165) is 33.2 Å². The van der Waals surface area contributed by atoms with Crippen molar-refractivity contribution in [2.24, 2.45) is 0 Å². The van der Waals surface area contributed by atoms with E-state index >= 15 is 0 Å². The van der Waals surface area contributed by atoms with E-state index in [9.17, 15) is 4.79 Å². The van der Waals surface area contributed by atoms with Crippen molar-refractivity contribution in [3.63, 3.8) is 0 Å². The zero-order valence-electron chi connectivity index (χ0n) is 8.94. The van der Waals surface area contributed by atoms with Crippen LogP contribution in [-0.2, 0) is 13.0 Å². The van der Waals surface area contributed by atoms with Gasteiger partial charge in [0.05, 0.1) is 6.54 Å². The van der Waals surface area contributed by atoms with E-state index in [-0.39, 0.29) is 0 Å². The van der Waals surface area contributed by atoms with Crippen LogP contribution in [0, 0.1) is 0 Å². The molecule has 1 aromatic heterocycles. The lowest BCUT2D eigenvalue weighted by molar-refractivity contribution is 0.135. The number of fused-ring (bicyclic) bond motifs is 3. The Bertz CT molecular complexity index is 605. The third-order valence-electron chi connectivity index (χ3n) is 3.08. The molecule has 0 radical (unpaired) electrons. The molecule has 0 bridgehead atoms. The molecule has 2 heterocycles. The molecule has 0 spiro atoms. The molecular formula is C12H10BrNO3. The number of carbonyl (C=O) groups is 1. The fourth-order valence-electron chi connectivity index (χ4n) is 2.24. The van der Waals surface area contributed by atoms with Gasteiger partial charge in [0.25, 0.3) is 0 Å². The van der Waals surface area contributed by atoms with Gasteiger partial charge in [0.15, 0.2) is 0 Å². The summed E-state index contributed by atoms with van der Waals surface area (Å²) in [4.78, 5) is 12.3. The quantitative estimate of drug-likeness (QED) is 0.812. The highest BCUT2D eigenvalue weighted by molar-refractivity contribution is 9.10. The zero-order chi connectivity index (χ0) is 12.0. The van der Waals surface area contributed by atoms with Gasteiger partial charge in [-0.15, -0.1) is 0 Å². The van der Waals surface area contributed by atoms with Crippen molar-refractivity contribution in [3.05, 3.63) is 34.0 Å².